The maximum Gasteiger partial charge on any atom is 0.0934 e. The highest BCUT2D eigenvalue weighted by Gasteiger charge is 2.28. The standard InChI is InChI=1S/C17H21BrN2/c1-17(2)8-4-6-14(10-17)20-15-7-3-5-12-9-13(18)11-19-16(12)15/h3,5,7,9,11,14,20H,4,6,8,10H2,1-2H3. The molecule has 0 bridgehead atoms. The first-order chi connectivity index (χ1) is 9.53. The van der Waals surface area contributed by atoms with Gasteiger partial charge in [0.25, 0.3) is 0 Å². The Kier molecular flexibility index (Phi) is 3.72. The van der Waals surface area contributed by atoms with Crippen molar-refractivity contribution in [1.29, 1.82) is 0 Å². The fourth-order valence-corrected chi connectivity index (χ4v) is 3.64. The number of anilines is 1. The second-order valence-corrected chi connectivity index (χ2v) is 7.55. The molecule has 1 fully saturated rings. The molecule has 0 saturated heterocycles. The summed E-state index contributed by atoms with van der Waals surface area (Å²) >= 11 is 3.49. The zero-order valence-corrected chi connectivity index (χ0v) is 13.7. The highest BCUT2D eigenvalue weighted by Crippen LogP contribution is 2.37. The molecule has 0 aliphatic heterocycles. The third-order valence-corrected chi connectivity index (χ3v) is 4.68. The van der Waals surface area contributed by atoms with Crippen LogP contribution in [-0.4, -0.2) is 11.0 Å². The lowest BCUT2D eigenvalue weighted by atomic mass is 9.75. The van der Waals surface area contributed by atoms with E-state index in [2.05, 4.69) is 64.3 Å². The van der Waals surface area contributed by atoms with Gasteiger partial charge in [0.05, 0.1) is 11.2 Å². The minimum Gasteiger partial charge on any atom is -0.381 e. The molecule has 0 spiro atoms. The number of fused-ring (bicyclic) bond motifs is 1. The van der Waals surface area contributed by atoms with E-state index in [1.165, 1.54) is 31.1 Å². The summed E-state index contributed by atoms with van der Waals surface area (Å²) in [5.41, 5.74) is 2.69. The van der Waals surface area contributed by atoms with Gasteiger partial charge in [-0.15, -0.1) is 0 Å². The summed E-state index contributed by atoms with van der Waals surface area (Å²) in [5.74, 6) is 0. The lowest BCUT2D eigenvalue weighted by molar-refractivity contribution is 0.229. The second kappa shape index (κ2) is 5.36. The molecule has 1 N–H and O–H groups in total. The summed E-state index contributed by atoms with van der Waals surface area (Å²) in [6, 6.07) is 9.05. The van der Waals surface area contributed by atoms with Crippen molar-refractivity contribution >= 4 is 32.5 Å². The number of halogens is 1. The molecule has 0 radical (unpaired) electrons. The highest BCUT2D eigenvalue weighted by molar-refractivity contribution is 9.10. The number of rotatable bonds is 2. The number of benzene rings is 1. The van der Waals surface area contributed by atoms with E-state index in [0.717, 1.165) is 15.7 Å². The van der Waals surface area contributed by atoms with Crippen LogP contribution in [0.1, 0.15) is 39.5 Å². The Morgan fingerprint density at radius 3 is 3.00 bits per heavy atom. The smallest absolute Gasteiger partial charge is 0.0934 e. The Hall–Kier alpha value is -1.09. The topological polar surface area (TPSA) is 24.9 Å². The largest absolute Gasteiger partial charge is 0.381 e. The van der Waals surface area contributed by atoms with E-state index < -0.39 is 0 Å². The maximum atomic E-state index is 4.57. The molecule has 1 saturated carbocycles. The summed E-state index contributed by atoms with van der Waals surface area (Å²) in [4.78, 5) is 4.57. The number of nitrogens with zero attached hydrogens (tertiary/aromatic N) is 1. The van der Waals surface area contributed by atoms with Crippen LogP contribution in [-0.2, 0) is 0 Å². The Morgan fingerprint density at radius 2 is 2.20 bits per heavy atom. The molecular weight excluding hydrogens is 312 g/mol. The van der Waals surface area contributed by atoms with Crippen molar-refractivity contribution in [3.8, 4) is 0 Å². The van der Waals surface area contributed by atoms with Gasteiger partial charge in [0, 0.05) is 22.1 Å². The number of para-hydroxylation sites is 1. The molecule has 1 aliphatic carbocycles. The van der Waals surface area contributed by atoms with Crippen molar-refractivity contribution in [2.24, 2.45) is 5.41 Å². The predicted molar refractivity (Wildman–Crippen MR) is 89.1 cm³/mol. The van der Waals surface area contributed by atoms with Gasteiger partial charge in [-0.2, -0.15) is 0 Å². The third kappa shape index (κ3) is 2.98. The molecule has 20 heavy (non-hydrogen) atoms. The van der Waals surface area contributed by atoms with Crippen LogP contribution in [0.3, 0.4) is 0 Å². The fraction of sp³-hybridized carbons (Fsp3) is 0.471. The van der Waals surface area contributed by atoms with Gasteiger partial charge in [-0.1, -0.05) is 32.4 Å². The van der Waals surface area contributed by atoms with E-state index in [-0.39, 0.29) is 0 Å². The molecular formula is C17H21BrN2. The summed E-state index contributed by atoms with van der Waals surface area (Å²) in [5, 5.41) is 4.90. The van der Waals surface area contributed by atoms with Crippen LogP contribution in [0.2, 0.25) is 0 Å². The van der Waals surface area contributed by atoms with Gasteiger partial charge in [0.15, 0.2) is 0 Å². The van der Waals surface area contributed by atoms with Gasteiger partial charge in [0.1, 0.15) is 0 Å². The molecule has 3 heteroatoms. The van der Waals surface area contributed by atoms with Gasteiger partial charge in [0.2, 0.25) is 0 Å². The Labute approximate surface area is 129 Å². The molecule has 1 unspecified atom stereocenters. The van der Waals surface area contributed by atoms with Crippen LogP contribution in [0.4, 0.5) is 5.69 Å². The minimum atomic E-state index is 0.455. The molecule has 1 aromatic carbocycles. The van der Waals surface area contributed by atoms with Crippen molar-refractivity contribution in [1.82, 2.24) is 4.98 Å². The molecule has 3 rings (SSSR count). The second-order valence-electron chi connectivity index (χ2n) is 6.63. The van der Waals surface area contributed by atoms with Crippen LogP contribution in [0.5, 0.6) is 0 Å². The van der Waals surface area contributed by atoms with E-state index in [4.69, 9.17) is 0 Å². The van der Waals surface area contributed by atoms with Crippen LogP contribution in [0.25, 0.3) is 10.9 Å². The van der Waals surface area contributed by atoms with Crippen molar-refractivity contribution in [2.45, 2.75) is 45.6 Å². The fourth-order valence-electron chi connectivity index (χ4n) is 3.29. The number of nitrogens with one attached hydrogen (secondary N) is 1. The number of hydrogen-bond donors (Lipinski definition) is 1. The van der Waals surface area contributed by atoms with Crippen molar-refractivity contribution < 1.29 is 0 Å². The molecule has 1 atom stereocenters. The quantitative estimate of drug-likeness (QED) is 0.798. The Balaban J connectivity index is 1.87. The first kappa shape index (κ1) is 13.9. The number of pyridine rings is 1. The first-order valence-electron chi connectivity index (χ1n) is 7.34. The molecule has 0 amide bonds. The Bertz CT molecular complexity index is 621. The van der Waals surface area contributed by atoms with E-state index in [1.54, 1.807) is 0 Å². The van der Waals surface area contributed by atoms with Crippen LogP contribution < -0.4 is 5.32 Å². The van der Waals surface area contributed by atoms with E-state index >= 15 is 0 Å². The van der Waals surface area contributed by atoms with Gasteiger partial charge in [-0.25, -0.2) is 0 Å². The van der Waals surface area contributed by atoms with Gasteiger partial charge in [-0.3, -0.25) is 4.98 Å². The molecule has 2 aromatic rings. The summed E-state index contributed by atoms with van der Waals surface area (Å²) in [6.45, 7) is 4.75. The lowest BCUT2D eigenvalue weighted by Gasteiger charge is -2.36. The lowest BCUT2D eigenvalue weighted by Crippen LogP contribution is -2.31. The summed E-state index contributed by atoms with van der Waals surface area (Å²) in [7, 11) is 0. The molecule has 1 heterocycles. The van der Waals surface area contributed by atoms with E-state index in [0.29, 0.717) is 11.5 Å². The highest BCUT2D eigenvalue weighted by atomic mass is 79.9. The normalized spacial score (nSPS) is 21.9. The minimum absolute atomic E-state index is 0.455. The molecule has 106 valence electrons. The van der Waals surface area contributed by atoms with E-state index in [9.17, 15) is 0 Å². The van der Waals surface area contributed by atoms with Gasteiger partial charge < -0.3 is 5.32 Å². The summed E-state index contributed by atoms with van der Waals surface area (Å²) in [6.07, 6.45) is 7.02. The predicted octanol–water partition coefficient (Wildman–Crippen LogP) is 5.38. The number of aromatic nitrogens is 1. The monoisotopic (exact) mass is 332 g/mol. The van der Waals surface area contributed by atoms with Crippen LogP contribution in [0.15, 0.2) is 34.9 Å². The average molecular weight is 333 g/mol. The van der Waals surface area contributed by atoms with Crippen molar-refractivity contribution in [2.75, 3.05) is 5.32 Å². The van der Waals surface area contributed by atoms with Crippen LogP contribution >= 0.6 is 15.9 Å². The van der Waals surface area contributed by atoms with Crippen molar-refractivity contribution in [3.63, 3.8) is 0 Å². The first-order valence-corrected chi connectivity index (χ1v) is 8.14. The zero-order valence-electron chi connectivity index (χ0n) is 12.1. The molecule has 1 aliphatic rings. The maximum absolute atomic E-state index is 4.57. The Morgan fingerprint density at radius 1 is 1.35 bits per heavy atom. The third-order valence-electron chi connectivity index (χ3n) is 4.24. The van der Waals surface area contributed by atoms with Crippen molar-refractivity contribution in [3.05, 3.63) is 34.9 Å². The van der Waals surface area contributed by atoms with Gasteiger partial charge >= 0.3 is 0 Å². The summed E-state index contributed by atoms with van der Waals surface area (Å²) < 4.78 is 1.03. The number of hydrogen-bond acceptors (Lipinski definition) is 2. The molecule has 1 aromatic heterocycles. The van der Waals surface area contributed by atoms with Crippen LogP contribution in [0, 0.1) is 5.41 Å². The zero-order chi connectivity index (χ0) is 14.2. The van der Waals surface area contributed by atoms with E-state index in [1.807, 2.05) is 6.20 Å². The average Bonchev–Trinajstić information content (AvgIpc) is 2.37. The molecule has 2 nitrogen and oxygen atoms in total. The SMILES string of the molecule is CC1(C)CCCC(Nc2cccc3cc(Br)cnc23)C1. The van der Waals surface area contributed by atoms with Gasteiger partial charge in [-0.05, 0) is 52.7 Å².